The molecule has 6 rings (SSSR count). The third-order valence-corrected chi connectivity index (χ3v) is 8.95. The Balaban J connectivity index is 1.43. The second-order valence-corrected chi connectivity index (χ2v) is 11.4. The van der Waals surface area contributed by atoms with Crippen LogP contribution in [-0.2, 0) is 17.6 Å². The quantitative estimate of drug-likeness (QED) is 0.381. The maximum absolute atomic E-state index is 16.6. The van der Waals surface area contributed by atoms with E-state index in [1.165, 1.54) is 17.2 Å². The average Bonchev–Trinajstić information content (AvgIpc) is 3.40. The van der Waals surface area contributed by atoms with Gasteiger partial charge in [0.2, 0.25) is 5.91 Å². The van der Waals surface area contributed by atoms with Gasteiger partial charge in [-0.1, -0.05) is 36.4 Å². The maximum Gasteiger partial charge on any atom is 0.319 e. The van der Waals surface area contributed by atoms with Crippen LogP contribution < -0.4 is 9.64 Å². The van der Waals surface area contributed by atoms with Crippen molar-refractivity contribution in [2.24, 2.45) is 0 Å². The van der Waals surface area contributed by atoms with E-state index in [1.54, 1.807) is 11.0 Å². The Kier molecular flexibility index (Phi) is 7.64. The number of likely N-dealkylation sites (tertiary alicyclic amines) is 1. The maximum atomic E-state index is 16.6. The molecular formula is C31H35ClFN5O2. The van der Waals surface area contributed by atoms with Gasteiger partial charge in [0.25, 0.3) is 0 Å². The summed E-state index contributed by atoms with van der Waals surface area (Å²) in [5.41, 5.74) is 3.87. The van der Waals surface area contributed by atoms with Crippen LogP contribution >= 0.6 is 11.6 Å². The zero-order chi connectivity index (χ0) is 27.8. The highest BCUT2D eigenvalue weighted by Gasteiger charge is 2.28. The van der Waals surface area contributed by atoms with Gasteiger partial charge < -0.3 is 19.4 Å². The van der Waals surface area contributed by atoms with E-state index in [0.29, 0.717) is 54.6 Å². The molecule has 2 saturated heterocycles. The van der Waals surface area contributed by atoms with Crippen molar-refractivity contribution in [1.82, 2.24) is 19.8 Å². The Morgan fingerprint density at radius 2 is 1.95 bits per heavy atom. The SMILES string of the molecule is C=CC(=O)N1CCN(c2nc(OCC3CCCN3C)nc3c(F)c(-c4cccc5c4CCCC5)c(Cl)cc23)CC1. The minimum atomic E-state index is -0.451. The van der Waals surface area contributed by atoms with Crippen molar-refractivity contribution in [3.8, 4) is 17.1 Å². The second-order valence-electron chi connectivity index (χ2n) is 11.0. The molecule has 3 aromatic rings. The van der Waals surface area contributed by atoms with Gasteiger partial charge in [0.15, 0.2) is 5.82 Å². The predicted molar refractivity (Wildman–Crippen MR) is 157 cm³/mol. The lowest BCUT2D eigenvalue weighted by Gasteiger charge is -2.35. The van der Waals surface area contributed by atoms with Gasteiger partial charge in [-0.15, -0.1) is 0 Å². The Labute approximate surface area is 239 Å². The zero-order valence-corrected chi connectivity index (χ0v) is 23.7. The van der Waals surface area contributed by atoms with Gasteiger partial charge in [-0.3, -0.25) is 4.79 Å². The fraction of sp³-hybridized carbons (Fsp3) is 0.452. The third-order valence-electron chi connectivity index (χ3n) is 8.65. The topological polar surface area (TPSA) is 61.8 Å². The first-order chi connectivity index (χ1) is 19.4. The standard InChI is InChI=1S/C31H35ClFN5O2/c1-3-26(39)37-14-16-38(17-15-37)30-24-18-25(32)27(23-12-6-9-20-8-4-5-11-22(20)23)28(33)29(24)34-31(35-30)40-19-21-10-7-13-36(21)2/h3,6,9,12,18,21H,1,4-5,7-8,10-11,13-17,19H2,2H3. The molecule has 0 saturated carbocycles. The molecule has 1 unspecified atom stereocenters. The van der Waals surface area contributed by atoms with Crippen LogP contribution in [0.2, 0.25) is 5.02 Å². The van der Waals surface area contributed by atoms with Crippen LogP contribution in [0.15, 0.2) is 36.9 Å². The largest absolute Gasteiger partial charge is 0.462 e. The van der Waals surface area contributed by atoms with Gasteiger partial charge >= 0.3 is 6.01 Å². The minimum absolute atomic E-state index is 0.0955. The van der Waals surface area contributed by atoms with E-state index >= 15 is 4.39 Å². The molecule has 3 heterocycles. The fourth-order valence-electron chi connectivity index (χ4n) is 6.36. The summed E-state index contributed by atoms with van der Waals surface area (Å²) < 4.78 is 22.7. The third kappa shape index (κ3) is 5.03. The van der Waals surface area contributed by atoms with E-state index in [4.69, 9.17) is 21.3 Å². The van der Waals surface area contributed by atoms with Crippen LogP contribution in [0.3, 0.4) is 0 Å². The molecular weight excluding hydrogens is 529 g/mol. The van der Waals surface area contributed by atoms with Crippen LogP contribution in [0.25, 0.3) is 22.0 Å². The van der Waals surface area contributed by atoms with E-state index in [9.17, 15) is 4.79 Å². The monoisotopic (exact) mass is 563 g/mol. The number of halogens is 2. The molecule has 210 valence electrons. The lowest BCUT2D eigenvalue weighted by molar-refractivity contribution is -0.126. The Hall–Kier alpha value is -3.23. The number of aromatic nitrogens is 2. The van der Waals surface area contributed by atoms with E-state index in [1.807, 2.05) is 12.1 Å². The molecule has 0 bridgehead atoms. The molecule has 1 aromatic heterocycles. The number of aryl methyl sites for hydroxylation is 1. The number of carbonyl (C=O) groups excluding carboxylic acids is 1. The number of anilines is 1. The molecule has 2 fully saturated rings. The fourth-order valence-corrected chi connectivity index (χ4v) is 6.65. The number of benzene rings is 2. The van der Waals surface area contributed by atoms with Gasteiger partial charge in [0, 0.05) is 43.2 Å². The van der Waals surface area contributed by atoms with Gasteiger partial charge in [0.05, 0.1) is 5.02 Å². The number of likely N-dealkylation sites (N-methyl/N-ethyl adjacent to an activating group) is 1. The molecule has 9 heteroatoms. The van der Waals surface area contributed by atoms with Crippen LogP contribution in [0.1, 0.15) is 36.8 Å². The second kappa shape index (κ2) is 11.3. The summed E-state index contributed by atoms with van der Waals surface area (Å²) in [7, 11) is 2.09. The number of ether oxygens (including phenoxy) is 1. The highest BCUT2D eigenvalue weighted by atomic mass is 35.5. The van der Waals surface area contributed by atoms with Gasteiger partial charge in [-0.2, -0.15) is 9.97 Å². The van der Waals surface area contributed by atoms with Gasteiger partial charge in [0.1, 0.15) is 17.9 Å². The Morgan fingerprint density at radius 3 is 2.70 bits per heavy atom. The van der Waals surface area contributed by atoms with E-state index in [-0.39, 0.29) is 23.5 Å². The van der Waals surface area contributed by atoms with Crippen molar-refractivity contribution >= 4 is 34.2 Å². The summed E-state index contributed by atoms with van der Waals surface area (Å²) in [6.07, 6.45) is 7.63. The van der Waals surface area contributed by atoms with Crippen molar-refractivity contribution in [2.75, 3.05) is 51.3 Å². The summed E-state index contributed by atoms with van der Waals surface area (Å²) in [5, 5.41) is 0.889. The molecule has 7 nitrogen and oxygen atoms in total. The van der Waals surface area contributed by atoms with Gasteiger partial charge in [-0.25, -0.2) is 4.39 Å². The summed E-state index contributed by atoms with van der Waals surface area (Å²) in [6.45, 7) is 7.20. The van der Waals surface area contributed by atoms with Crippen LogP contribution in [0.5, 0.6) is 6.01 Å². The zero-order valence-electron chi connectivity index (χ0n) is 23.0. The lowest BCUT2D eigenvalue weighted by Crippen LogP contribution is -2.48. The molecule has 1 aliphatic carbocycles. The van der Waals surface area contributed by atoms with Crippen LogP contribution in [0.4, 0.5) is 10.2 Å². The normalized spacial score (nSPS) is 19.6. The lowest BCUT2D eigenvalue weighted by atomic mass is 9.85. The van der Waals surface area contributed by atoms with Crippen molar-refractivity contribution < 1.29 is 13.9 Å². The molecule has 2 aromatic carbocycles. The first-order valence-electron chi connectivity index (χ1n) is 14.2. The summed E-state index contributed by atoms with van der Waals surface area (Å²) in [4.78, 5) is 27.6. The number of nitrogens with zero attached hydrogens (tertiary/aromatic N) is 5. The summed E-state index contributed by atoms with van der Waals surface area (Å²) in [6, 6.07) is 8.32. The number of amides is 1. The van der Waals surface area contributed by atoms with Crippen molar-refractivity contribution in [1.29, 1.82) is 0 Å². The number of carbonyl (C=O) groups is 1. The number of hydrogen-bond acceptors (Lipinski definition) is 6. The molecule has 0 radical (unpaired) electrons. The highest BCUT2D eigenvalue weighted by Crippen LogP contribution is 2.42. The number of piperazine rings is 1. The first kappa shape index (κ1) is 27.0. The highest BCUT2D eigenvalue weighted by molar-refractivity contribution is 6.34. The van der Waals surface area contributed by atoms with E-state index < -0.39 is 5.82 Å². The molecule has 2 aliphatic heterocycles. The molecule has 40 heavy (non-hydrogen) atoms. The molecule has 3 aliphatic rings. The van der Waals surface area contributed by atoms with Crippen molar-refractivity contribution in [2.45, 2.75) is 44.6 Å². The predicted octanol–water partition coefficient (Wildman–Crippen LogP) is 5.28. The van der Waals surface area contributed by atoms with Gasteiger partial charge in [-0.05, 0) is 81.0 Å². The van der Waals surface area contributed by atoms with Crippen molar-refractivity contribution in [3.63, 3.8) is 0 Å². The summed E-state index contributed by atoms with van der Waals surface area (Å²) >= 11 is 6.87. The molecule has 0 spiro atoms. The summed E-state index contributed by atoms with van der Waals surface area (Å²) in [5.74, 6) is 0.0307. The Morgan fingerprint density at radius 1 is 1.15 bits per heavy atom. The molecule has 1 atom stereocenters. The smallest absolute Gasteiger partial charge is 0.319 e. The van der Waals surface area contributed by atoms with E-state index in [2.05, 4.69) is 34.5 Å². The van der Waals surface area contributed by atoms with E-state index in [0.717, 1.165) is 50.6 Å². The number of hydrogen-bond donors (Lipinski definition) is 0. The average molecular weight is 564 g/mol. The molecule has 1 amide bonds. The van der Waals surface area contributed by atoms with Crippen LogP contribution in [-0.4, -0.2) is 78.1 Å². The Bertz CT molecular complexity index is 1460. The number of fused-ring (bicyclic) bond motifs is 2. The minimum Gasteiger partial charge on any atom is -0.462 e. The first-order valence-corrected chi connectivity index (χ1v) is 14.6. The van der Waals surface area contributed by atoms with Crippen molar-refractivity contribution in [3.05, 3.63) is 58.9 Å². The van der Waals surface area contributed by atoms with Crippen LogP contribution in [0, 0.1) is 5.82 Å². The number of rotatable bonds is 6. The molecule has 0 N–H and O–H groups in total.